The molecular weight excluding hydrogens is 250 g/mol. The van der Waals surface area contributed by atoms with Gasteiger partial charge in [0, 0.05) is 18.9 Å². The molecule has 18 heavy (non-hydrogen) atoms. The molecule has 1 atom stereocenters. The Morgan fingerprint density at radius 1 is 1.39 bits per heavy atom. The van der Waals surface area contributed by atoms with E-state index in [2.05, 4.69) is 15.5 Å². The van der Waals surface area contributed by atoms with E-state index < -0.39 is 0 Å². The molecule has 0 bridgehead atoms. The van der Waals surface area contributed by atoms with Crippen LogP contribution in [0.2, 0.25) is 0 Å². The molecule has 1 aromatic heterocycles. The third-order valence-electron chi connectivity index (χ3n) is 2.25. The molecule has 0 amide bonds. The molecule has 6 nitrogen and oxygen atoms in total. The SMILES string of the molecule is COCC(N)CSc1nnnn1-c1ccccc1. The lowest BCUT2D eigenvalue weighted by Crippen LogP contribution is -2.28. The van der Waals surface area contributed by atoms with Crippen molar-refractivity contribution < 1.29 is 4.74 Å². The van der Waals surface area contributed by atoms with E-state index in [4.69, 9.17) is 10.5 Å². The lowest BCUT2D eigenvalue weighted by molar-refractivity contribution is 0.186. The van der Waals surface area contributed by atoms with Crippen molar-refractivity contribution in [2.24, 2.45) is 5.73 Å². The number of rotatable bonds is 6. The van der Waals surface area contributed by atoms with Crippen LogP contribution >= 0.6 is 11.8 Å². The highest BCUT2D eigenvalue weighted by atomic mass is 32.2. The molecule has 7 heteroatoms. The van der Waals surface area contributed by atoms with Gasteiger partial charge < -0.3 is 10.5 Å². The van der Waals surface area contributed by atoms with Crippen LogP contribution in [0, 0.1) is 0 Å². The third-order valence-corrected chi connectivity index (χ3v) is 3.36. The van der Waals surface area contributed by atoms with Crippen LogP contribution in [0.3, 0.4) is 0 Å². The highest BCUT2D eigenvalue weighted by Crippen LogP contribution is 2.18. The number of hydrogen-bond donors (Lipinski definition) is 1. The number of thioether (sulfide) groups is 1. The first-order valence-corrected chi connectivity index (χ1v) is 6.51. The van der Waals surface area contributed by atoms with Crippen molar-refractivity contribution in [3.05, 3.63) is 30.3 Å². The Balaban J connectivity index is 2.05. The fourth-order valence-electron chi connectivity index (χ4n) is 1.44. The van der Waals surface area contributed by atoms with Crippen LogP contribution < -0.4 is 5.73 Å². The summed E-state index contributed by atoms with van der Waals surface area (Å²) in [6.45, 7) is 0.528. The number of nitrogens with zero attached hydrogens (tertiary/aromatic N) is 4. The first-order valence-electron chi connectivity index (χ1n) is 5.52. The second kappa shape index (κ2) is 6.48. The maximum Gasteiger partial charge on any atom is 0.214 e. The Morgan fingerprint density at radius 3 is 2.89 bits per heavy atom. The van der Waals surface area contributed by atoms with Gasteiger partial charge in [-0.3, -0.25) is 0 Å². The normalized spacial score (nSPS) is 12.6. The fraction of sp³-hybridized carbons (Fsp3) is 0.364. The predicted octanol–water partition coefficient (Wildman–Crippen LogP) is 0.728. The Morgan fingerprint density at radius 2 is 2.17 bits per heavy atom. The maximum absolute atomic E-state index is 5.87. The van der Waals surface area contributed by atoms with Crippen LogP contribution in [-0.2, 0) is 4.74 Å². The Labute approximate surface area is 110 Å². The van der Waals surface area contributed by atoms with Gasteiger partial charge in [0.25, 0.3) is 0 Å². The first-order chi connectivity index (χ1) is 8.81. The van der Waals surface area contributed by atoms with Crippen LogP contribution in [0.25, 0.3) is 5.69 Å². The van der Waals surface area contributed by atoms with E-state index in [1.54, 1.807) is 11.8 Å². The third kappa shape index (κ3) is 3.28. The monoisotopic (exact) mass is 265 g/mol. The Bertz CT molecular complexity index is 475. The number of benzene rings is 1. The summed E-state index contributed by atoms with van der Waals surface area (Å²) in [5.41, 5.74) is 6.80. The summed E-state index contributed by atoms with van der Waals surface area (Å²) in [6.07, 6.45) is 0. The Kier molecular flexibility index (Phi) is 4.68. The summed E-state index contributed by atoms with van der Waals surface area (Å²) in [4.78, 5) is 0. The molecule has 0 saturated carbocycles. The number of para-hydroxylation sites is 1. The van der Waals surface area contributed by atoms with Gasteiger partial charge in [0.15, 0.2) is 0 Å². The summed E-state index contributed by atoms with van der Waals surface area (Å²) < 4.78 is 6.69. The van der Waals surface area contributed by atoms with Crippen molar-refractivity contribution in [3.63, 3.8) is 0 Å². The van der Waals surface area contributed by atoms with Crippen LogP contribution in [0.15, 0.2) is 35.5 Å². The van der Waals surface area contributed by atoms with Gasteiger partial charge in [0.05, 0.1) is 12.3 Å². The van der Waals surface area contributed by atoms with Crippen LogP contribution in [0.1, 0.15) is 0 Å². The van der Waals surface area contributed by atoms with Crippen LogP contribution in [0.5, 0.6) is 0 Å². The molecule has 2 aromatic rings. The largest absolute Gasteiger partial charge is 0.383 e. The molecule has 0 aliphatic carbocycles. The molecule has 0 aliphatic rings. The van der Waals surface area contributed by atoms with E-state index in [9.17, 15) is 0 Å². The summed E-state index contributed by atoms with van der Waals surface area (Å²) in [6, 6.07) is 9.73. The first kappa shape index (κ1) is 13.0. The number of ether oxygens (including phenoxy) is 1. The summed E-state index contributed by atoms with van der Waals surface area (Å²) >= 11 is 1.52. The topological polar surface area (TPSA) is 78.8 Å². The van der Waals surface area contributed by atoms with Gasteiger partial charge in [0.2, 0.25) is 5.16 Å². The van der Waals surface area contributed by atoms with Crippen molar-refractivity contribution in [1.82, 2.24) is 20.2 Å². The molecule has 2 N–H and O–H groups in total. The number of nitrogens with two attached hydrogens (primary N) is 1. The standard InChI is InChI=1S/C11H15N5OS/c1-17-7-9(12)8-18-11-13-14-15-16(11)10-5-3-2-4-6-10/h2-6,9H,7-8,12H2,1H3. The molecule has 2 rings (SSSR count). The lowest BCUT2D eigenvalue weighted by Gasteiger charge is -2.09. The highest BCUT2D eigenvalue weighted by Gasteiger charge is 2.10. The van der Waals surface area contributed by atoms with E-state index in [-0.39, 0.29) is 6.04 Å². The second-order valence-electron chi connectivity index (χ2n) is 3.74. The minimum Gasteiger partial charge on any atom is -0.383 e. The van der Waals surface area contributed by atoms with Gasteiger partial charge in [0.1, 0.15) is 0 Å². The highest BCUT2D eigenvalue weighted by molar-refractivity contribution is 7.99. The quantitative estimate of drug-likeness (QED) is 0.776. The maximum atomic E-state index is 5.87. The fourth-order valence-corrected chi connectivity index (χ4v) is 2.26. The molecule has 0 fully saturated rings. The minimum atomic E-state index is -0.0269. The number of methoxy groups -OCH3 is 1. The van der Waals surface area contributed by atoms with E-state index in [0.717, 1.165) is 10.8 Å². The summed E-state index contributed by atoms with van der Waals surface area (Å²) in [5, 5.41) is 12.4. The van der Waals surface area contributed by atoms with Gasteiger partial charge >= 0.3 is 0 Å². The second-order valence-corrected chi connectivity index (χ2v) is 4.72. The molecule has 0 spiro atoms. The molecule has 1 unspecified atom stereocenters. The van der Waals surface area contributed by atoms with Gasteiger partial charge in [-0.05, 0) is 22.6 Å². The zero-order chi connectivity index (χ0) is 12.8. The molecule has 1 heterocycles. The minimum absolute atomic E-state index is 0.0269. The van der Waals surface area contributed by atoms with Crippen molar-refractivity contribution in [3.8, 4) is 5.69 Å². The molecule has 1 aromatic carbocycles. The van der Waals surface area contributed by atoms with E-state index in [1.807, 2.05) is 30.3 Å². The molecule has 0 saturated heterocycles. The van der Waals surface area contributed by atoms with Crippen LogP contribution in [-0.4, -0.2) is 45.7 Å². The average Bonchev–Trinajstić information content (AvgIpc) is 2.86. The van der Waals surface area contributed by atoms with E-state index in [1.165, 1.54) is 11.8 Å². The number of hydrogen-bond acceptors (Lipinski definition) is 6. The zero-order valence-corrected chi connectivity index (χ0v) is 10.9. The smallest absolute Gasteiger partial charge is 0.214 e. The van der Waals surface area contributed by atoms with E-state index in [0.29, 0.717) is 12.4 Å². The van der Waals surface area contributed by atoms with Crippen molar-refractivity contribution in [2.75, 3.05) is 19.5 Å². The molecule has 0 aliphatic heterocycles. The molecular formula is C11H15N5OS. The van der Waals surface area contributed by atoms with Gasteiger partial charge in [-0.1, -0.05) is 30.0 Å². The van der Waals surface area contributed by atoms with Crippen molar-refractivity contribution in [1.29, 1.82) is 0 Å². The summed E-state index contributed by atoms with van der Waals surface area (Å²) in [7, 11) is 1.64. The van der Waals surface area contributed by atoms with Gasteiger partial charge in [-0.15, -0.1) is 5.10 Å². The van der Waals surface area contributed by atoms with Crippen molar-refractivity contribution >= 4 is 11.8 Å². The summed E-state index contributed by atoms with van der Waals surface area (Å²) in [5.74, 6) is 0.709. The predicted molar refractivity (Wildman–Crippen MR) is 69.7 cm³/mol. The number of tetrazole rings is 1. The Hall–Kier alpha value is -1.44. The molecule has 0 radical (unpaired) electrons. The lowest BCUT2D eigenvalue weighted by atomic mass is 10.3. The van der Waals surface area contributed by atoms with Crippen LogP contribution in [0.4, 0.5) is 0 Å². The van der Waals surface area contributed by atoms with E-state index >= 15 is 0 Å². The average molecular weight is 265 g/mol. The van der Waals surface area contributed by atoms with Crippen molar-refractivity contribution in [2.45, 2.75) is 11.2 Å². The van der Waals surface area contributed by atoms with Gasteiger partial charge in [-0.2, -0.15) is 4.68 Å². The number of aromatic nitrogens is 4. The van der Waals surface area contributed by atoms with Gasteiger partial charge in [-0.25, -0.2) is 0 Å². The zero-order valence-electron chi connectivity index (χ0n) is 10.1. The molecule has 96 valence electrons.